The van der Waals surface area contributed by atoms with Crippen molar-refractivity contribution < 1.29 is 13.2 Å². The molecule has 0 saturated heterocycles. The Morgan fingerprint density at radius 2 is 1.88 bits per heavy atom. The lowest BCUT2D eigenvalue weighted by Crippen LogP contribution is -2.21. The van der Waals surface area contributed by atoms with Gasteiger partial charge in [-0.05, 0) is 67.9 Å². The van der Waals surface area contributed by atoms with Crippen molar-refractivity contribution in [3.63, 3.8) is 0 Å². The summed E-state index contributed by atoms with van der Waals surface area (Å²) in [6, 6.07) is 8.53. The van der Waals surface area contributed by atoms with Crippen LogP contribution in [0, 0.1) is 6.92 Å². The number of halogens is 1. The number of nitrogens with zero attached hydrogens (tertiary/aromatic N) is 1. The van der Waals surface area contributed by atoms with Gasteiger partial charge < -0.3 is 4.74 Å². The highest BCUT2D eigenvalue weighted by atomic mass is 35.5. The lowest BCUT2D eigenvalue weighted by Gasteiger charge is -2.19. The maximum Gasteiger partial charge on any atom is 0.267 e. The molecular weight excluding hydrogens is 462 g/mol. The Kier molecular flexibility index (Phi) is 6.50. The molecule has 2 aromatic carbocycles. The summed E-state index contributed by atoms with van der Waals surface area (Å²) >= 11 is 6.17. The van der Waals surface area contributed by atoms with E-state index in [0.29, 0.717) is 46.1 Å². The molecule has 1 aromatic heterocycles. The molecule has 0 radical (unpaired) electrons. The maximum absolute atomic E-state index is 13.5. The van der Waals surface area contributed by atoms with Crippen LogP contribution < -0.4 is 15.0 Å². The monoisotopic (exact) mass is 487 g/mol. The van der Waals surface area contributed by atoms with Gasteiger partial charge in [0.05, 0.1) is 23.4 Å². The van der Waals surface area contributed by atoms with E-state index in [4.69, 9.17) is 16.3 Å². The van der Waals surface area contributed by atoms with Crippen LogP contribution in [0.1, 0.15) is 42.0 Å². The van der Waals surface area contributed by atoms with Crippen LogP contribution in [0.15, 0.2) is 40.0 Å². The predicted octanol–water partition coefficient (Wildman–Crippen LogP) is 4.65. The quantitative estimate of drug-likeness (QED) is 0.527. The number of aromatic nitrogens is 2. The van der Waals surface area contributed by atoms with Gasteiger partial charge in [-0.25, -0.2) is 13.5 Å². The molecule has 0 spiro atoms. The summed E-state index contributed by atoms with van der Waals surface area (Å²) in [5, 5.41) is 7.35. The Hall–Kier alpha value is -2.84. The maximum atomic E-state index is 13.5. The first kappa shape index (κ1) is 23.3. The van der Waals surface area contributed by atoms with E-state index in [1.165, 1.54) is 7.11 Å². The highest BCUT2D eigenvalue weighted by Crippen LogP contribution is 2.35. The van der Waals surface area contributed by atoms with Crippen LogP contribution in [0.25, 0.3) is 11.3 Å². The topological polar surface area (TPSA) is 101 Å². The Labute approximate surface area is 198 Å². The van der Waals surface area contributed by atoms with E-state index in [0.717, 1.165) is 36.0 Å². The van der Waals surface area contributed by atoms with Crippen LogP contribution in [0.5, 0.6) is 5.75 Å². The van der Waals surface area contributed by atoms with Gasteiger partial charge in [-0.2, -0.15) is 5.10 Å². The molecule has 0 unspecified atom stereocenters. The molecule has 7 nitrogen and oxygen atoms in total. The molecule has 0 bridgehead atoms. The number of sulfonamides is 1. The molecule has 0 fully saturated rings. The van der Waals surface area contributed by atoms with Crippen molar-refractivity contribution in [3.8, 4) is 17.0 Å². The molecular formula is C24H26ClN3O4S. The largest absolute Gasteiger partial charge is 0.495 e. The molecule has 174 valence electrons. The average Bonchev–Trinajstić information content (AvgIpc) is 2.81. The molecule has 1 aliphatic carbocycles. The van der Waals surface area contributed by atoms with E-state index in [1.54, 1.807) is 31.2 Å². The first-order valence-electron chi connectivity index (χ1n) is 10.9. The third-order valence-electron chi connectivity index (χ3n) is 6.03. The van der Waals surface area contributed by atoms with Gasteiger partial charge in [0, 0.05) is 22.2 Å². The van der Waals surface area contributed by atoms with Gasteiger partial charge in [0.1, 0.15) is 5.75 Å². The second-order valence-electron chi connectivity index (χ2n) is 8.15. The SMILES string of the molecule is CCc1ccc(-c2n[nH]c(=O)c3c2CCCC3)cc1S(=O)(=O)Nc1cc(C)c(Cl)cc1OC. The van der Waals surface area contributed by atoms with Gasteiger partial charge in [0.25, 0.3) is 15.6 Å². The normalized spacial score (nSPS) is 13.5. The Bertz CT molecular complexity index is 1380. The smallest absolute Gasteiger partial charge is 0.267 e. The summed E-state index contributed by atoms with van der Waals surface area (Å²) in [6.07, 6.45) is 3.92. The molecule has 4 rings (SSSR count). The first-order chi connectivity index (χ1) is 15.7. The van der Waals surface area contributed by atoms with Crippen molar-refractivity contribution >= 4 is 27.3 Å². The van der Waals surface area contributed by atoms with E-state index in [2.05, 4.69) is 14.9 Å². The minimum atomic E-state index is -3.95. The van der Waals surface area contributed by atoms with Crippen LogP contribution in [0.3, 0.4) is 0 Å². The first-order valence-corrected chi connectivity index (χ1v) is 12.7. The molecule has 1 aliphatic rings. The summed E-state index contributed by atoms with van der Waals surface area (Å²) in [4.78, 5) is 12.4. The number of aryl methyl sites for hydroxylation is 2. The van der Waals surface area contributed by atoms with E-state index in [1.807, 2.05) is 13.0 Å². The average molecular weight is 488 g/mol. The summed E-state index contributed by atoms with van der Waals surface area (Å²) < 4.78 is 35.0. The fraction of sp³-hybridized carbons (Fsp3) is 0.333. The van der Waals surface area contributed by atoms with Crippen LogP contribution in [0.2, 0.25) is 5.02 Å². The molecule has 3 aromatic rings. The number of hydrogen-bond donors (Lipinski definition) is 2. The van der Waals surface area contributed by atoms with Crippen molar-refractivity contribution in [2.45, 2.75) is 50.8 Å². The number of methoxy groups -OCH3 is 1. The third kappa shape index (κ3) is 4.50. The molecule has 0 saturated carbocycles. The van der Waals surface area contributed by atoms with Gasteiger partial charge in [-0.3, -0.25) is 9.52 Å². The number of nitrogens with one attached hydrogen (secondary N) is 2. The number of hydrogen-bond acceptors (Lipinski definition) is 5. The summed E-state index contributed by atoms with van der Waals surface area (Å²) in [7, 11) is -2.49. The van der Waals surface area contributed by atoms with Crippen molar-refractivity contribution in [1.82, 2.24) is 10.2 Å². The zero-order valence-corrected chi connectivity index (χ0v) is 20.4. The van der Waals surface area contributed by atoms with E-state index >= 15 is 0 Å². The second kappa shape index (κ2) is 9.19. The van der Waals surface area contributed by atoms with Crippen molar-refractivity contribution in [2.24, 2.45) is 0 Å². The van der Waals surface area contributed by atoms with Gasteiger partial charge in [0.2, 0.25) is 0 Å². The van der Waals surface area contributed by atoms with E-state index in [9.17, 15) is 13.2 Å². The number of anilines is 1. The lowest BCUT2D eigenvalue weighted by atomic mass is 9.89. The highest BCUT2D eigenvalue weighted by molar-refractivity contribution is 7.92. The van der Waals surface area contributed by atoms with E-state index < -0.39 is 10.0 Å². The van der Waals surface area contributed by atoms with Gasteiger partial charge in [-0.15, -0.1) is 0 Å². The highest BCUT2D eigenvalue weighted by Gasteiger charge is 2.24. The molecule has 2 N–H and O–H groups in total. The fourth-order valence-corrected chi connectivity index (χ4v) is 5.81. The number of rotatable bonds is 6. The van der Waals surface area contributed by atoms with Crippen LogP contribution in [0.4, 0.5) is 5.69 Å². The number of benzene rings is 2. The van der Waals surface area contributed by atoms with Gasteiger partial charge in [-0.1, -0.05) is 30.7 Å². The number of H-pyrrole nitrogens is 1. The number of aromatic amines is 1. The standard InChI is InChI=1S/C24H26ClN3O4S/c1-4-15-9-10-16(23-17-7-5-6-8-18(17)24(29)27-26-23)12-22(15)33(30,31)28-20-11-14(2)19(25)13-21(20)32-3/h9-13,28H,4-8H2,1-3H3,(H,27,29). The minimum absolute atomic E-state index is 0.162. The number of ether oxygens (including phenoxy) is 1. The molecule has 0 aliphatic heterocycles. The van der Waals surface area contributed by atoms with Crippen LogP contribution in [-0.4, -0.2) is 25.7 Å². The van der Waals surface area contributed by atoms with Crippen molar-refractivity contribution in [2.75, 3.05) is 11.8 Å². The van der Waals surface area contributed by atoms with Crippen LogP contribution in [-0.2, 0) is 29.3 Å². The summed E-state index contributed by atoms with van der Waals surface area (Å²) in [5.41, 5.74) is 4.47. The van der Waals surface area contributed by atoms with Gasteiger partial charge in [0.15, 0.2) is 0 Å². The summed E-state index contributed by atoms with van der Waals surface area (Å²) in [6.45, 7) is 3.70. The predicted molar refractivity (Wildman–Crippen MR) is 130 cm³/mol. The zero-order valence-electron chi connectivity index (χ0n) is 18.8. The van der Waals surface area contributed by atoms with Crippen molar-refractivity contribution in [3.05, 3.63) is 68.0 Å². The Morgan fingerprint density at radius 1 is 1.15 bits per heavy atom. The second-order valence-corrected chi connectivity index (χ2v) is 10.2. The van der Waals surface area contributed by atoms with Crippen molar-refractivity contribution in [1.29, 1.82) is 0 Å². The minimum Gasteiger partial charge on any atom is -0.495 e. The fourth-order valence-electron chi connectivity index (χ4n) is 4.25. The summed E-state index contributed by atoms with van der Waals surface area (Å²) in [5.74, 6) is 0.333. The molecule has 0 amide bonds. The molecule has 33 heavy (non-hydrogen) atoms. The van der Waals surface area contributed by atoms with E-state index in [-0.39, 0.29) is 10.5 Å². The third-order valence-corrected chi connectivity index (χ3v) is 7.89. The number of fused-ring (bicyclic) bond motifs is 1. The molecule has 1 heterocycles. The molecule has 0 atom stereocenters. The Balaban J connectivity index is 1.82. The van der Waals surface area contributed by atoms with Gasteiger partial charge >= 0.3 is 0 Å². The van der Waals surface area contributed by atoms with Crippen LogP contribution >= 0.6 is 11.6 Å². The molecule has 9 heteroatoms. The lowest BCUT2D eigenvalue weighted by molar-refractivity contribution is 0.417. The Morgan fingerprint density at radius 3 is 2.58 bits per heavy atom. The zero-order chi connectivity index (χ0) is 23.8.